The van der Waals surface area contributed by atoms with Crippen molar-refractivity contribution in [1.29, 1.82) is 0 Å². The Labute approximate surface area is 726 Å². The summed E-state index contributed by atoms with van der Waals surface area (Å²) < 4.78 is 61.4. The lowest BCUT2D eigenvalue weighted by atomic mass is 10.0. The van der Waals surface area contributed by atoms with Crippen LogP contribution in [0.4, 0.5) is 0 Å². The van der Waals surface area contributed by atoms with E-state index in [1.807, 2.05) is 12.2 Å². The van der Waals surface area contributed by atoms with Crippen molar-refractivity contribution in [1.82, 2.24) is 0 Å². The lowest BCUT2D eigenvalue weighted by molar-refractivity contribution is -0.161. The van der Waals surface area contributed by atoms with E-state index in [1.54, 1.807) is 0 Å². The molecule has 4 N–H and O–H groups in total. The molecule has 0 fully saturated rings. The molecule has 0 saturated heterocycles. The Hall–Kier alpha value is -5.09. The first-order valence-corrected chi connectivity index (χ1v) is 50.4. The zero-order valence-electron chi connectivity index (χ0n) is 75.2. The summed E-state index contributed by atoms with van der Waals surface area (Å²) >= 11 is 0. The molecule has 0 spiro atoms. The summed E-state index contributed by atoms with van der Waals surface area (Å²) in [6.45, 7) is 2.40. The third-order valence-corrected chi connectivity index (χ3v) is 21.8. The molecule has 0 aliphatic rings. The molecule has 0 aromatic rings. The number of esters is 3. The summed E-state index contributed by atoms with van der Waals surface area (Å²) in [5.41, 5.74) is 0. The molecule has 0 aliphatic carbocycles. The van der Waals surface area contributed by atoms with E-state index in [0.29, 0.717) is 25.7 Å². The highest BCUT2D eigenvalue weighted by Crippen LogP contribution is 2.45. The van der Waals surface area contributed by atoms with Gasteiger partial charge in [0.05, 0.1) is 26.4 Å². The van der Waals surface area contributed by atoms with Crippen molar-refractivity contribution in [2.75, 3.05) is 39.6 Å². The van der Waals surface area contributed by atoms with Crippen LogP contribution in [0.25, 0.3) is 0 Å². The average Bonchev–Trinajstić information content (AvgIpc) is 0.899. The molecule has 0 aromatic carbocycles. The zero-order chi connectivity index (χ0) is 86.5. The third-order valence-electron chi connectivity index (χ3n) is 19.9. The van der Waals surface area contributed by atoms with Crippen molar-refractivity contribution in [3.8, 4) is 0 Å². The van der Waals surface area contributed by atoms with Crippen LogP contribution in [0.1, 0.15) is 393 Å². The molecule has 16 nitrogen and oxygen atoms in total. The van der Waals surface area contributed by atoms with Gasteiger partial charge in [0.15, 0.2) is 6.10 Å². The number of hydrogen-bond acceptors (Lipinski definition) is 14. The molecular formula is C101H172O16P2. The minimum absolute atomic E-state index is 0.0239. The Morgan fingerprint density at radius 1 is 0.244 bits per heavy atom. The SMILES string of the molecule is CC/C=C\C/C=C\C/C=C\C/C=C\C/C=C\CCCCCCCCCCCCCCCCCCCC(=O)OCC(O)COP(=O)(O)OCC(O)COP(=O)(O)OCC(COC(=O)CCCCCCCCCCCCCCCCCCC/C=C\C/C=C\C/C=C\C/C=C\CCCCC)OC(=O)CCC/C=C\C/C=C\C/C=C\C/C=C\C/C=C\CC. The van der Waals surface area contributed by atoms with E-state index in [-0.39, 0.29) is 19.3 Å². The number of phosphoric ester groups is 2. The summed E-state index contributed by atoms with van der Waals surface area (Å²) in [6, 6.07) is 0. The van der Waals surface area contributed by atoms with E-state index in [1.165, 1.54) is 205 Å². The van der Waals surface area contributed by atoms with Crippen LogP contribution in [0.2, 0.25) is 0 Å². The molecule has 682 valence electrons. The summed E-state index contributed by atoms with van der Waals surface area (Å²) in [5.74, 6) is -1.63. The van der Waals surface area contributed by atoms with Crippen LogP contribution < -0.4 is 0 Å². The summed E-state index contributed by atoms with van der Waals surface area (Å²) in [4.78, 5) is 58.9. The van der Waals surface area contributed by atoms with Crippen molar-refractivity contribution in [3.05, 3.63) is 170 Å². The predicted molar refractivity (Wildman–Crippen MR) is 500 cm³/mol. The second-order valence-corrected chi connectivity index (χ2v) is 34.3. The number of aliphatic hydroxyl groups is 2. The van der Waals surface area contributed by atoms with E-state index >= 15 is 0 Å². The normalized spacial score (nSPS) is 14.5. The number of hydrogen-bond donors (Lipinski definition) is 4. The van der Waals surface area contributed by atoms with E-state index in [0.717, 1.165) is 122 Å². The lowest BCUT2D eigenvalue weighted by Crippen LogP contribution is -2.30. The van der Waals surface area contributed by atoms with Crippen molar-refractivity contribution in [2.45, 2.75) is 411 Å². The highest BCUT2D eigenvalue weighted by Gasteiger charge is 2.29. The molecule has 0 radical (unpaired) electrons. The van der Waals surface area contributed by atoms with Gasteiger partial charge in [-0.15, -0.1) is 0 Å². The smallest absolute Gasteiger partial charge is 0.463 e. The molecule has 0 aromatic heterocycles. The number of allylic oxidation sites excluding steroid dienone is 28. The standard InChI is InChI=1S/C101H172O16P2/c1-4-7-10-13-16-19-22-25-28-31-33-35-37-39-41-43-45-47-49-51-53-55-57-59-61-64-66-69-72-75-78-81-84-87-99(104)111-90-96(102)91-113-118(107,108)114-92-97(103)93-115-119(109,110)116-95-98(117-101(106)89-86-83-80-77-74-71-68-63-30-27-24-21-18-15-12-9-6-3)94-112-100(105)88-85-82-79-76-73-70-67-65-62-60-58-56-54-52-50-48-46-44-42-40-38-36-34-32-29-26-23-20-17-14-11-8-5-2/h7,9-10,12,16-21,25-30,33-36,39-42,68,71,77,80,96-98,102-103H,4-6,8,11,13-15,22-24,31-32,37-38,43-67,69-70,72-76,78-79,81-95H2,1-3H3,(H,107,108)(H,109,110)/b10-7-,12-9-,19-16-,20-17-,21-18-,28-25-,29-26-,30-27-,35-33-,36-34-,41-39-,42-40-,71-68-,80-77-. The highest BCUT2D eigenvalue weighted by molar-refractivity contribution is 7.47. The highest BCUT2D eigenvalue weighted by atomic mass is 31.2. The Balaban J connectivity index is 4.50. The van der Waals surface area contributed by atoms with Crippen LogP contribution in [0, 0.1) is 0 Å². The topological polar surface area (TPSA) is 231 Å². The first kappa shape index (κ1) is 114. The molecule has 5 unspecified atom stereocenters. The minimum Gasteiger partial charge on any atom is -0.463 e. The maximum Gasteiger partial charge on any atom is 0.472 e. The van der Waals surface area contributed by atoms with Gasteiger partial charge in [-0.05, 0) is 148 Å². The number of carbonyl (C=O) groups excluding carboxylic acids is 3. The Morgan fingerprint density at radius 2 is 0.454 bits per heavy atom. The molecule has 0 saturated carbocycles. The second kappa shape index (κ2) is 92.1. The monoisotopic (exact) mass is 1700 g/mol. The third kappa shape index (κ3) is 93.5. The average molecular weight is 1700 g/mol. The van der Waals surface area contributed by atoms with Crippen molar-refractivity contribution >= 4 is 33.6 Å². The molecule has 0 amide bonds. The van der Waals surface area contributed by atoms with E-state index in [2.05, 4.69) is 179 Å². The van der Waals surface area contributed by atoms with Crippen LogP contribution in [0.5, 0.6) is 0 Å². The fourth-order valence-electron chi connectivity index (χ4n) is 12.8. The minimum atomic E-state index is -4.96. The maximum absolute atomic E-state index is 13.0. The molecule has 0 heterocycles. The summed E-state index contributed by atoms with van der Waals surface area (Å²) in [5, 5.41) is 20.7. The van der Waals surface area contributed by atoms with E-state index in [4.69, 9.17) is 32.3 Å². The van der Waals surface area contributed by atoms with Crippen LogP contribution >= 0.6 is 15.6 Å². The van der Waals surface area contributed by atoms with Gasteiger partial charge in [0.25, 0.3) is 0 Å². The molecule has 18 heteroatoms. The van der Waals surface area contributed by atoms with Gasteiger partial charge in [-0.25, -0.2) is 9.13 Å². The number of aliphatic hydroxyl groups excluding tert-OH is 2. The molecule has 119 heavy (non-hydrogen) atoms. The van der Waals surface area contributed by atoms with Gasteiger partial charge in [-0.3, -0.25) is 32.5 Å². The Morgan fingerprint density at radius 3 is 0.731 bits per heavy atom. The number of carbonyl (C=O) groups is 3. The van der Waals surface area contributed by atoms with Gasteiger partial charge in [-0.1, -0.05) is 396 Å². The number of unbranched alkanes of at least 4 members (excludes halogenated alkanes) is 38. The summed E-state index contributed by atoms with van der Waals surface area (Å²) in [6.07, 6.45) is 120. The van der Waals surface area contributed by atoms with Crippen LogP contribution in [-0.4, -0.2) is 95.9 Å². The molecular weight excluding hydrogens is 1530 g/mol. The number of rotatable bonds is 89. The molecule has 0 aliphatic heterocycles. The van der Waals surface area contributed by atoms with Gasteiger partial charge in [0.1, 0.15) is 25.4 Å². The van der Waals surface area contributed by atoms with Gasteiger partial charge in [-0.2, -0.15) is 0 Å². The van der Waals surface area contributed by atoms with E-state index < -0.39 is 91.5 Å². The van der Waals surface area contributed by atoms with Crippen LogP contribution in [0.15, 0.2) is 170 Å². The molecule has 5 atom stereocenters. The van der Waals surface area contributed by atoms with Gasteiger partial charge in [0, 0.05) is 19.3 Å². The Kier molecular flexibility index (Phi) is 88.2. The van der Waals surface area contributed by atoms with Crippen LogP contribution in [0.3, 0.4) is 0 Å². The van der Waals surface area contributed by atoms with E-state index in [9.17, 15) is 43.5 Å². The van der Waals surface area contributed by atoms with Crippen molar-refractivity contribution in [3.63, 3.8) is 0 Å². The maximum atomic E-state index is 13.0. The Bertz CT molecular complexity index is 2840. The first-order chi connectivity index (χ1) is 58.2. The van der Waals surface area contributed by atoms with Crippen molar-refractivity contribution < 1.29 is 75.8 Å². The van der Waals surface area contributed by atoms with Gasteiger partial charge < -0.3 is 34.2 Å². The molecule has 0 rings (SSSR count). The van der Waals surface area contributed by atoms with Gasteiger partial charge >= 0.3 is 33.6 Å². The molecule has 0 bridgehead atoms. The lowest BCUT2D eigenvalue weighted by Gasteiger charge is -2.21. The fourth-order valence-corrected chi connectivity index (χ4v) is 14.4. The number of phosphoric acid groups is 2. The number of ether oxygens (including phenoxy) is 3. The predicted octanol–water partition coefficient (Wildman–Crippen LogP) is 29.4. The van der Waals surface area contributed by atoms with Gasteiger partial charge in [0.2, 0.25) is 0 Å². The quantitative estimate of drug-likeness (QED) is 0.0146. The second-order valence-electron chi connectivity index (χ2n) is 31.4. The first-order valence-electron chi connectivity index (χ1n) is 47.4. The summed E-state index contributed by atoms with van der Waals surface area (Å²) in [7, 11) is -9.83. The van der Waals surface area contributed by atoms with Crippen molar-refractivity contribution in [2.24, 2.45) is 0 Å². The fraction of sp³-hybridized carbons (Fsp3) is 0.693. The zero-order valence-corrected chi connectivity index (χ0v) is 77.0. The van der Waals surface area contributed by atoms with Crippen LogP contribution in [-0.2, 0) is 55.8 Å². The largest absolute Gasteiger partial charge is 0.472 e.